The van der Waals surface area contributed by atoms with Crippen LogP contribution in [0.1, 0.15) is 31.1 Å². The van der Waals surface area contributed by atoms with Crippen molar-refractivity contribution >= 4 is 45.9 Å². The molecule has 1 aliphatic heterocycles. The fourth-order valence-electron chi connectivity index (χ4n) is 2.98. The van der Waals surface area contributed by atoms with Crippen LogP contribution in [0.5, 0.6) is 0 Å². The summed E-state index contributed by atoms with van der Waals surface area (Å²) in [4.78, 5) is 26.6. The van der Waals surface area contributed by atoms with Crippen LogP contribution in [0.15, 0.2) is 16.6 Å². The lowest BCUT2D eigenvalue weighted by Crippen LogP contribution is -2.38. The molecule has 164 valence electrons. The van der Waals surface area contributed by atoms with Crippen molar-refractivity contribution in [2.75, 3.05) is 48.9 Å². The molecule has 30 heavy (non-hydrogen) atoms. The zero-order chi connectivity index (χ0) is 21.5. The second-order valence-corrected chi connectivity index (χ2v) is 8.97. The van der Waals surface area contributed by atoms with Gasteiger partial charge >= 0.3 is 5.97 Å². The Bertz CT molecular complexity index is 861. The number of nitrogens with one attached hydrogen (secondary N) is 1. The molecule has 1 amide bonds. The van der Waals surface area contributed by atoms with Crippen molar-refractivity contribution in [2.24, 2.45) is 5.92 Å². The van der Waals surface area contributed by atoms with Gasteiger partial charge in [0.1, 0.15) is 5.00 Å². The van der Waals surface area contributed by atoms with Crippen molar-refractivity contribution in [1.82, 2.24) is 14.8 Å². The predicted molar refractivity (Wildman–Crippen MR) is 118 cm³/mol. The molecule has 3 heterocycles. The topological polar surface area (TPSA) is 98.6 Å². The number of ether oxygens (including phenoxy) is 2. The molecule has 1 saturated heterocycles. The summed E-state index contributed by atoms with van der Waals surface area (Å²) >= 11 is 2.63. The summed E-state index contributed by atoms with van der Waals surface area (Å²) in [5.41, 5.74) is 0.373. The van der Waals surface area contributed by atoms with E-state index in [2.05, 4.69) is 38.8 Å². The summed E-state index contributed by atoms with van der Waals surface area (Å²) in [6.45, 7) is 9.96. The molecular formula is C19H27N5O4S2. The zero-order valence-electron chi connectivity index (χ0n) is 17.4. The number of carbonyl (C=O) groups excluding carboxylic acids is 2. The van der Waals surface area contributed by atoms with E-state index in [1.165, 1.54) is 23.1 Å². The van der Waals surface area contributed by atoms with E-state index in [9.17, 15) is 9.59 Å². The third-order valence-corrected chi connectivity index (χ3v) is 6.08. The molecule has 0 aromatic carbocycles. The van der Waals surface area contributed by atoms with Gasteiger partial charge in [0.05, 0.1) is 31.1 Å². The van der Waals surface area contributed by atoms with Gasteiger partial charge in [-0.15, -0.1) is 21.5 Å². The second kappa shape index (κ2) is 10.8. The van der Waals surface area contributed by atoms with Gasteiger partial charge in [-0.1, -0.05) is 25.6 Å². The summed E-state index contributed by atoms with van der Waals surface area (Å²) in [7, 11) is 0. The molecule has 11 heteroatoms. The van der Waals surface area contributed by atoms with Crippen LogP contribution in [0.2, 0.25) is 0 Å². The Balaban J connectivity index is 1.65. The average Bonchev–Trinajstić information content (AvgIpc) is 3.34. The third-order valence-electron chi connectivity index (χ3n) is 4.28. The van der Waals surface area contributed by atoms with Gasteiger partial charge in [-0.3, -0.25) is 9.36 Å². The minimum atomic E-state index is -0.437. The first kappa shape index (κ1) is 22.6. The Morgan fingerprint density at radius 1 is 1.33 bits per heavy atom. The highest BCUT2D eigenvalue weighted by Gasteiger charge is 2.22. The largest absolute Gasteiger partial charge is 0.462 e. The first-order chi connectivity index (χ1) is 14.5. The van der Waals surface area contributed by atoms with Crippen molar-refractivity contribution in [3.63, 3.8) is 0 Å². The Hall–Kier alpha value is -2.11. The Labute approximate surface area is 184 Å². The van der Waals surface area contributed by atoms with Crippen LogP contribution in [0.3, 0.4) is 0 Å². The maximum Gasteiger partial charge on any atom is 0.341 e. The van der Waals surface area contributed by atoms with Crippen LogP contribution < -0.4 is 10.2 Å². The summed E-state index contributed by atoms with van der Waals surface area (Å²) < 4.78 is 12.5. The molecule has 1 fully saturated rings. The number of carbonyl (C=O) groups is 2. The summed E-state index contributed by atoms with van der Waals surface area (Å²) in [5.74, 6) is 0.748. The van der Waals surface area contributed by atoms with E-state index in [0.29, 0.717) is 34.9 Å². The number of aromatic nitrogens is 3. The van der Waals surface area contributed by atoms with E-state index in [-0.39, 0.29) is 18.3 Å². The average molecular weight is 454 g/mol. The predicted octanol–water partition coefficient (Wildman–Crippen LogP) is 2.74. The van der Waals surface area contributed by atoms with Crippen LogP contribution in [0, 0.1) is 5.92 Å². The summed E-state index contributed by atoms with van der Waals surface area (Å²) in [6.07, 6.45) is 0. The molecule has 9 nitrogen and oxygen atoms in total. The van der Waals surface area contributed by atoms with Gasteiger partial charge in [-0.05, 0) is 24.3 Å². The van der Waals surface area contributed by atoms with Gasteiger partial charge < -0.3 is 19.7 Å². The minimum Gasteiger partial charge on any atom is -0.462 e. The number of hydrogen-bond donors (Lipinski definition) is 1. The number of amides is 1. The number of thioether (sulfide) groups is 1. The fraction of sp³-hybridized carbons (Fsp3) is 0.579. The number of rotatable bonds is 9. The van der Waals surface area contributed by atoms with E-state index >= 15 is 0 Å². The first-order valence-corrected chi connectivity index (χ1v) is 11.8. The molecule has 0 unspecified atom stereocenters. The molecule has 3 rings (SSSR count). The van der Waals surface area contributed by atoms with Crippen LogP contribution in [0.4, 0.5) is 10.9 Å². The van der Waals surface area contributed by atoms with Crippen molar-refractivity contribution in [1.29, 1.82) is 0 Å². The number of morpholine rings is 1. The lowest BCUT2D eigenvalue weighted by atomic mass is 10.2. The first-order valence-electron chi connectivity index (χ1n) is 9.92. The standard InChI is InChI=1S/C19H27N5O4S2/c1-4-28-17(26)14-5-10-29-16(14)20-15(25)12-30-19-22-21-18(24(19)11-13(2)3)23-6-8-27-9-7-23/h5,10,13H,4,6-9,11-12H2,1-3H3,(H,20,25). The smallest absolute Gasteiger partial charge is 0.341 e. The van der Waals surface area contributed by atoms with Crippen molar-refractivity contribution in [2.45, 2.75) is 32.5 Å². The monoisotopic (exact) mass is 453 g/mol. The molecule has 0 aliphatic carbocycles. The zero-order valence-corrected chi connectivity index (χ0v) is 19.1. The maximum absolute atomic E-state index is 12.5. The highest BCUT2D eigenvalue weighted by Crippen LogP contribution is 2.26. The number of hydrogen-bond acceptors (Lipinski definition) is 9. The molecule has 0 bridgehead atoms. The highest BCUT2D eigenvalue weighted by atomic mass is 32.2. The number of esters is 1. The normalized spacial score (nSPS) is 14.2. The molecular weight excluding hydrogens is 426 g/mol. The van der Waals surface area contributed by atoms with Crippen LogP contribution >= 0.6 is 23.1 Å². The third kappa shape index (κ3) is 5.73. The Morgan fingerprint density at radius 3 is 2.80 bits per heavy atom. The molecule has 0 saturated carbocycles. The summed E-state index contributed by atoms with van der Waals surface area (Å²) in [5, 5.41) is 14.5. The van der Waals surface area contributed by atoms with Gasteiger partial charge in [0.2, 0.25) is 11.9 Å². The van der Waals surface area contributed by atoms with Gasteiger partial charge in [-0.2, -0.15) is 0 Å². The lowest BCUT2D eigenvalue weighted by Gasteiger charge is -2.28. The minimum absolute atomic E-state index is 0.166. The van der Waals surface area contributed by atoms with Crippen molar-refractivity contribution in [3.8, 4) is 0 Å². The molecule has 0 radical (unpaired) electrons. The van der Waals surface area contributed by atoms with E-state index in [4.69, 9.17) is 9.47 Å². The van der Waals surface area contributed by atoms with E-state index in [1.54, 1.807) is 18.4 Å². The SMILES string of the molecule is CCOC(=O)c1ccsc1NC(=O)CSc1nnc(N2CCOCC2)n1CC(C)C. The van der Waals surface area contributed by atoms with Crippen LogP contribution in [0.25, 0.3) is 0 Å². The Morgan fingerprint density at radius 2 is 2.10 bits per heavy atom. The number of anilines is 2. The van der Waals surface area contributed by atoms with E-state index in [1.807, 2.05) is 0 Å². The van der Waals surface area contributed by atoms with Gasteiger partial charge in [0.25, 0.3) is 0 Å². The molecule has 0 spiro atoms. The van der Waals surface area contributed by atoms with Crippen LogP contribution in [-0.4, -0.2) is 65.3 Å². The quantitative estimate of drug-likeness (QED) is 0.457. The molecule has 2 aromatic rings. The van der Waals surface area contributed by atoms with Crippen LogP contribution in [-0.2, 0) is 20.8 Å². The molecule has 0 atom stereocenters. The molecule has 2 aromatic heterocycles. The highest BCUT2D eigenvalue weighted by molar-refractivity contribution is 7.99. The second-order valence-electron chi connectivity index (χ2n) is 7.11. The molecule has 1 aliphatic rings. The Kier molecular flexibility index (Phi) is 8.11. The summed E-state index contributed by atoms with van der Waals surface area (Å²) in [6, 6.07) is 1.65. The van der Waals surface area contributed by atoms with Gasteiger partial charge in [0, 0.05) is 19.6 Å². The lowest BCUT2D eigenvalue weighted by molar-refractivity contribution is -0.113. The van der Waals surface area contributed by atoms with E-state index < -0.39 is 5.97 Å². The molecule has 1 N–H and O–H groups in total. The van der Waals surface area contributed by atoms with Gasteiger partial charge in [-0.25, -0.2) is 4.79 Å². The van der Waals surface area contributed by atoms with Crippen molar-refractivity contribution in [3.05, 3.63) is 17.0 Å². The maximum atomic E-state index is 12.5. The fourth-order valence-corrected chi connectivity index (χ4v) is 4.51. The van der Waals surface area contributed by atoms with Crippen molar-refractivity contribution < 1.29 is 19.1 Å². The number of thiophene rings is 1. The van der Waals surface area contributed by atoms with E-state index in [0.717, 1.165) is 25.6 Å². The van der Waals surface area contributed by atoms with Gasteiger partial charge in [0.15, 0.2) is 5.16 Å². The number of nitrogens with zero attached hydrogens (tertiary/aromatic N) is 4.